The number of carbonyl (C=O) groups excluding carboxylic acids is 1. The van der Waals surface area contributed by atoms with Gasteiger partial charge in [-0.05, 0) is 55.8 Å². The summed E-state index contributed by atoms with van der Waals surface area (Å²) >= 11 is 6.09. The summed E-state index contributed by atoms with van der Waals surface area (Å²) in [5, 5.41) is 4.84. The number of nitrogens with one attached hydrogen (secondary N) is 1. The largest absolute Gasteiger partial charge is 0.462 e. The van der Waals surface area contributed by atoms with Crippen molar-refractivity contribution < 1.29 is 13.9 Å². The maximum absolute atomic E-state index is 11.7. The van der Waals surface area contributed by atoms with Gasteiger partial charge < -0.3 is 9.15 Å². The normalized spacial score (nSPS) is 10.9. The minimum Gasteiger partial charge on any atom is -0.462 e. The van der Waals surface area contributed by atoms with E-state index >= 15 is 0 Å². The molecular formula is C21H19ClN2O3. The molecule has 3 aromatic rings. The van der Waals surface area contributed by atoms with Gasteiger partial charge in [-0.25, -0.2) is 4.79 Å². The number of nitrogens with zero attached hydrogens (tertiary/aromatic N) is 1. The Morgan fingerprint density at radius 1 is 1.19 bits per heavy atom. The molecule has 3 rings (SSSR count). The Bertz CT molecular complexity index is 962. The van der Waals surface area contributed by atoms with Crippen LogP contribution in [-0.4, -0.2) is 18.8 Å². The van der Waals surface area contributed by atoms with Gasteiger partial charge in [-0.2, -0.15) is 5.10 Å². The zero-order valence-electron chi connectivity index (χ0n) is 15.0. The van der Waals surface area contributed by atoms with E-state index in [4.69, 9.17) is 20.8 Å². The van der Waals surface area contributed by atoms with Crippen LogP contribution >= 0.6 is 11.6 Å². The summed E-state index contributed by atoms with van der Waals surface area (Å²) in [6.07, 6.45) is 1.59. The second-order valence-electron chi connectivity index (χ2n) is 5.83. The molecule has 0 fully saturated rings. The maximum atomic E-state index is 11.7. The molecule has 0 aliphatic heterocycles. The fraction of sp³-hybridized carbons (Fsp3) is 0.143. The van der Waals surface area contributed by atoms with E-state index < -0.39 is 0 Å². The van der Waals surface area contributed by atoms with E-state index in [0.717, 1.165) is 16.8 Å². The first kappa shape index (κ1) is 18.7. The molecule has 6 heteroatoms. The van der Waals surface area contributed by atoms with Crippen LogP contribution in [0, 0.1) is 6.92 Å². The van der Waals surface area contributed by atoms with Gasteiger partial charge in [-0.3, -0.25) is 5.43 Å². The van der Waals surface area contributed by atoms with Crippen LogP contribution < -0.4 is 5.43 Å². The second kappa shape index (κ2) is 8.56. The van der Waals surface area contributed by atoms with Crippen molar-refractivity contribution in [2.45, 2.75) is 13.8 Å². The molecule has 0 unspecified atom stereocenters. The van der Waals surface area contributed by atoms with Gasteiger partial charge in [0.15, 0.2) is 0 Å². The van der Waals surface area contributed by atoms with E-state index in [1.165, 1.54) is 0 Å². The van der Waals surface area contributed by atoms with Gasteiger partial charge in [-0.1, -0.05) is 29.8 Å². The third-order valence-electron chi connectivity index (χ3n) is 3.86. The number of hydrogen-bond donors (Lipinski definition) is 1. The van der Waals surface area contributed by atoms with Crippen LogP contribution in [0.1, 0.15) is 28.6 Å². The van der Waals surface area contributed by atoms with E-state index in [-0.39, 0.29) is 5.97 Å². The van der Waals surface area contributed by atoms with Crippen LogP contribution in [0.4, 0.5) is 5.69 Å². The molecule has 0 radical (unpaired) electrons. The summed E-state index contributed by atoms with van der Waals surface area (Å²) in [5.41, 5.74) is 6.09. The van der Waals surface area contributed by atoms with Crippen molar-refractivity contribution in [1.29, 1.82) is 0 Å². The van der Waals surface area contributed by atoms with Gasteiger partial charge in [0.2, 0.25) is 0 Å². The van der Waals surface area contributed by atoms with Crippen molar-refractivity contribution in [2.24, 2.45) is 5.10 Å². The summed E-state index contributed by atoms with van der Waals surface area (Å²) in [7, 11) is 0. The van der Waals surface area contributed by atoms with Crippen LogP contribution in [0.25, 0.3) is 11.3 Å². The standard InChI is InChI=1S/C21H19ClN2O3/c1-3-26-21(25)16-7-5-15(6-8-16)20-11-10-18(27-20)13-23-24-17-9-4-14(2)19(22)12-17/h4-13,24H,3H2,1-2H3/b23-13-. The number of hydrazone groups is 1. The highest BCUT2D eigenvalue weighted by Gasteiger charge is 2.08. The third kappa shape index (κ3) is 4.77. The second-order valence-corrected chi connectivity index (χ2v) is 6.24. The van der Waals surface area contributed by atoms with Crippen molar-refractivity contribution in [2.75, 3.05) is 12.0 Å². The zero-order valence-corrected chi connectivity index (χ0v) is 15.8. The van der Waals surface area contributed by atoms with Crippen molar-refractivity contribution in [3.05, 3.63) is 76.5 Å². The Morgan fingerprint density at radius 2 is 1.96 bits per heavy atom. The number of hydrogen-bond acceptors (Lipinski definition) is 5. The van der Waals surface area contributed by atoms with Gasteiger partial charge in [-0.15, -0.1) is 0 Å². The maximum Gasteiger partial charge on any atom is 0.338 e. The number of benzene rings is 2. The number of aryl methyl sites for hydroxylation is 1. The molecule has 1 N–H and O–H groups in total. The molecule has 5 nitrogen and oxygen atoms in total. The minimum absolute atomic E-state index is 0.335. The van der Waals surface area contributed by atoms with Gasteiger partial charge in [0.05, 0.1) is 24.1 Å². The van der Waals surface area contributed by atoms with Crippen LogP contribution in [0.2, 0.25) is 5.02 Å². The van der Waals surface area contributed by atoms with E-state index in [2.05, 4.69) is 10.5 Å². The number of furan rings is 1. The van der Waals surface area contributed by atoms with E-state index in [9.17, 15) is 4.79 Å². The lowest BCUT2D eigenvalue weighted by Crippen LogP contribution is -2.03. The molecule has 0 amide bonds. The number of carbonyl (C=O) groups is 1. The lowest BCUT2D eigenvalue weighted by molar-refractivity contribution is 0.0526. The smallest absolute Gasteiger partial charge is 0.338 e. The predicted octanol–water partition coefficient (Wildman–Crippen LogP) is 5.53. The Hall–Kier alpha value is -3.05. The molecule has 0 aliphatic rings. The number of ether oxygens (including phenoxy) is 1. The Kier molecular flexibility index (Phi) is 5.94. The summed E-state index contributed by atoms with van der Waals surface area (Å²) in [6.45, 7) is 4.07. The van der Waals surface area contributed by atoms with E-state index in [0.29, 0.717) is 28.7 Å². The van der Waals surface area contributed by atoms with Crippen molar-refractivity contribution in [3.63, 3.8) is 0 Å². The average Bonchev–Trinajstić information content (AvgIpc) is 3.14. The number of esters is 1. The first-order valence-corrected chi connectivity index (χ1v) is 8.87. The summed E-state index contributed by atoms with van der Waals surface area (Å²) in [4.78, 5) is 11.7. The van der Waals surface area contributed by atoms with Gasteiger partial charge in [0, 0.05) is 10.6 Å². The number of halogens is 1. The SMILES string of the molecule is CCOC(=O)c1ccc(-c2ccc(/C=N\Nc3ccc(C)c(Cl)c3)o2)cc1. The third-order valence-corrected chi connectivity index (χ3v) is 4.27. The lowest BCUT2D eigenvalue weighted by atomic mass is 10.1. The Balaban J connectivity index is 1.65. The van der Waals surface area contributed by atoms with Crippen LogP contribution in [0.15, 0.2) is 64.1 Å². The quantitative estimate of drug-likeness (QED) is 0.346. The molecule has 1 aromatic heterocycles. The molecule has 27 heavy (non-hydrogen) atoms. The van der Waals surface area contributed by atoms with Crippen LogP contribution in [-0.2, 0) is 4.74 Å². The van der Waals surface area contributed by atoms with E-state index in [1.807, 2.05) is 49.4 Å². The molecule has 138 valence electrons. The molecular weight excluding hydrogens is 364 g/mol. The monoisotopic (exact) mass is 382 g/mol. The van der Waals surface area contributed by atoms with Crippen LogP contribution in [0.3, 0.4) is 0 Å². The number of rotatable bonds is 6. The highest BCUT2D eigenvalue weighted by atomic mass is 35.5. The molecule has 0 saturated carbocycles. The predicted molar refractivity (Wildman–Crippen MR) is 108 cm³/mol. The zero-order chi connectivity index (χ0) is 19.2. The topological polar surface area (TPSA) is 63.8 Å². The summed E-state index contributed by atoms with van der Waals surface area (Å²) in [5.74, 6) is 0.953. The summed E-state index contributed by atoms with van der Waals surface area (Å²) in [6, 6.07) is 16.4. The lowest BCUT2D eigenvalue weighted by Gasteiger charge is -2.03. The van der Waals surface area contributed by atoms with Crippen LogP contribution in [0.5, 0.6) is 0 Å². The average molecular weight is 383 g/mol. The molecule has 1 heterocycles. The van der Waals surface area contributed by atoms with Gasteiger partial charge in [0.25, 0.3) is 0 Å². The Morgan fingerprint density at radius 3 is 2.67 bits per heavy atom. The molecule has 0 bridgehead atoms. The Labute approximate surface area is 162 Å². The fourth-order valence-electron chi connectivity index (χ4n) is 2.40. The minimum atomic E-state index is -0.335. The van der Waals surface area contributed by atoms with Gasteiger partial charge in [0.1, 0.15) is 11.5 Å². The van der Waals surface area contributed by atoms with Crippen molar-refractivity contribution in [3.8, 4) is 11.3 Å². The fourth-order valence-corrected chi connectivity index (χ4v) is 2.58. The first-order valence-electron chi connectivity index (χ1n) is 8.49. The molecule has 2 aromatic carbocycles. The van der Waals surface area contributed by atoms with Gasteiger partial charge >= 0.3 is 5.97 Å². The number of anilines is 1. The highest BCUT2D eigenvalue weighted by molar-refractivity contribution is 6.31. The van der Waals surface area contributed by atoms with Crippen molar-refractivity contribution >= 4 is 29.5 Å². The molecule has 0 saturated heterocycles. The van der Waals surface area contributed by atoms with E-state index in [1.54, 1.807) is 25.3 Å². The molecule has 0 spiro atoms. The first-order chi connectivity index (χ1) is 13.1. The molecule has 0 aliphatic carbocycles. The molecule has 0 atom stereocenters. The highest BCUT2D eigenvalue weighted by Crippen LogP contribution is 2.23. The summed E-state index contributed by atoms with van der Waals surface area (Å²) < 4.78 is 10.7. The van der Waals surface area contributed by atoms with Crippen molar-refractivity contribution in [1.82, 2.24) is 0 Å².